The van der Waals surface area contributed by atoms with E-state index in [0.29, 0.717) is 39.3 Å². The first kappa shape index (κ1) is 17.2. The Morgan fingerprint density at radius 1 is 1.12 bits per heavy atom. The number of piperazine rings is 1. The summed E-state index contributed by atoms with van der Waals surface area (Å²) in [6.07, 6.45) is 1.63. The van der Waals surface area contributed by atoms with Crippen molar-refractivity contribution in [3.8, 4) is 0 Å². The molecule has 1 aromatic heterocycles. The van der Waals surface area contributed by atoms with Crippen LogP contribution in [0.15, 0.2) is 6.07 Å². The molecule has 9 heteroatoms. The molecule has 0 spiro atoms. The highest BCUT2D eigenvalue weighted by molar-refractivity contribution is 5.81. The maximum absolute atomic E-state index is 12.8. The maximum atomic E-state index is 12.8. The summed E-state index contributed by atoms with van der Waals surface area (Å²) >= 11 is 0. The van der Waals surface area contributed by atoms with Crippen molar-refractivity contribution in [2.75, 3.05) is 49.9 Å². The van der Waals surface area contributed by atoms with Crippen molar-refractivity contribution in [2.24, 2.45) is 11.7 Å². The molecule has 0 aliphatic carbocycles. The maximum Gasteiger partial charge on any atom is 0.314 e. The minimum atomic E-state index is -0.445. The van der Waals surface area contributed by atoms with Gasteiger partial charge in [0.1, 0.15) is 5.82 Å². The lowest BCUT2D eigenvalue weighted by atomic mass is 9.96. The summed E-state index contributed by atoms with van der Waals surface area (Å²) in [6, 6.07) is 1.46. The molecule has 2 aliphatic heterocycles. The molecule has 9 nitrogen and oxygen atoms in total. The first-order valence-electron chi connectivity index (χ1n) is 8.63. The van der Waals surface area contributed by atoms with Crippen molar-refractivity contribution < 1.29 is 9.59 Å². The number of carbonyl (C=O) groups excluding carboxylic acids is 2. The van der Waals surface area contributed by atoms with E-state index >= 15 is 0 Å². The second kappa shape index (κ2) is 7.12. The van der Waals surface area contributed by atoms with Crippen LogP contribution in [0.25, 0.3) is 0 Å². The first-order valence-corrected chi connectivity index (χ1v) is 8.63. The van der Waals surface area contributed by atoms with Crippen molar-refractivity contribution in [3.63, 3.8) is 0 Å². The molecule has 2 saturated heterocycles. The van der Waals surface area contributed by atoms with Crippen molar-refractivity contribution >= 4 is 23.7 Å². The van der Waals surface area contributed by atoms with Gasteiger partial charge in [-0.25, -0.2) is 9.78 Å². The van der Waals surface area contributed by atoms with Gasteiger partial charge in [0, 0.05) is 51.0 Å². The summed E-state index contributed by atoms with van der Waals surface area (Å²) < 4.78 is 0. The lowest BCUT2D eigenvalue weighted by molar-refractivity contribution is -0.137. The Bertz CT molecular complexity index is 638. The van der Waals surface area contributed by atoms with E-state index < -0.39 is 6.03 Å². The van der Waals surface area contributed by atoms with Gasteiger partial charge in [0.25, 0.3) is 0 Å². The molecule has 1 atom stereocenters. The standard InChI is InChI=1S/C16H25N7O2/c1-11-9-13(20-15(17)19-11)21-5-7-22(8-6-21)14(24)12-3-2-4-23(10-12)16(18)25/h9,12H,2-8,10H2,1H3,(H2,18,25)(H2,17,19,20). The number of carbonyl (C=O) groups is 2. The zero-order chi connectivity index (χ0) is 18.0. The number of rotatable bonds is 2. The molecular weight excluding hydrogens is 322 g/mol. The highest BCUT2D eigenvalue weighted by Crippen LogP contribution is 2.21. The molecule has 0 aromatic carbocycles. The summed E-state index contributed by atoms with van der Waals surface area (Å²) in [5, 5.41) is 0. The van der Waals surface area contributed by atoms with E-state index in [4.69, 9.17) is 11.5 Å². The minimum absolute atomic E-state index is 0.115. The van der Waals surface area contributed by atoms with Gasteiger partial charge in [0.2, 0.25) is 11.9 Å². The van der Waals surface area contributed by atoms with Crippen LogP contribution in [0, 0.1) is 12.8 Å². The summed E-state index contributed by atoms with van der Waals surface area (Å²) in [6.45, 7) is 5.62. The lowest BCUT2D eigenvalue weighted by Gasteiger charge is -2.39. The quantitative estimate of drug-likeness (QED) is 0.764. The Morgan fingerprint density at radius 2 is 1.84 bits per heavy atom. The van der Waals surface area contributed by atoms with Gasteiger partial charge in [-0.2, -0.15) is 4.98 Å². The Morgan fingerprint density at radius 3 is 2.48 bits per heavy atom. The Kier molecular flexibility index (Phi) is 4.91. The normalized spacial score (nSPS) is 21.3. The first-order chi connectivity index (χ1) is 11.9. The SMILES string of the molecule is Cc1cc(N2CCN(C(=O)C3CCCN(C(N)=O)C3)CC2)nc(N)n1. The van der Waals surface area contributed by atoms with E-state index in [0.717, 1.165) is 24.4 Å². The molecule has 136 valence electrons. The molecule has 1 unspecified atom stereocenters. The number of aryl methyl sites for hydroxylation is 1. The highest BCUT2D eigenvalue weighted by Gasteiger charge is 2.32. The molecule has 0 saturated carbocycles. The Balaban J connectivity index is 1.58. The van der Waals surface area contributed by atoms with Crippen molar-refractivity contribution in [3.05, 3.63) is 11.8 Å². The van der Waals surface area contributed by atoms with E-state index in [1.165, 1.54) is 0 Å². The number of nitrogens with zero attached hydrogens (tertiary/aromatic N) is 5. The van der Waals surface area contributed by atoms with Crippen LogP contribution in [0.5, 0.6) is 0 Å². The lowest BCUT2D eigenvalue weighted by Crippen LogP contribution is -2.53. The van der Waals surface area contributed by atoms with E-state index in [1.54, 1.807) is 4.90 Å². The van der Waals surface area contributed by atoms with Gasteiger partial charge in [-0.3, -0.25) is 4.79 Å². The molecule has 1 aromatic rings. The van der Waals surface area contributed by atoms with Crippen LogP contribution < -0.4 is 16.4 Å². The smallest absolute Gasteiger partial charge is 0.314 e. The number of nitrogen functional groups attached to an aromatic ring is 1. The number of aromatic nitrogens is 2. The molecule has 3 rings (SSSR count). The average molecular weight is 347 g/mol. The van der Waals surface area contributed by atoms with Gasteiger partial charge in [0.05, 0.1) is 5.92 Å². The zero-order valence-electron chi connectivity index (χ0n) is 14.5. The third kappa shape index (κ3) is 3.92. The van der Waals surface area contributed by atoms with Gasteiger partial charge in [-0.15, -0.1) is 0 Å². The van der Waals surface area contributed by atoms with Gasteiger partial charge in [-0.1, -0.05) is 0 Å². The van der Waals surface area contributed by atoms with Crippen LogP contribution in [-0.4, -0.2) is 71.0 Å². The molecule has 2 fully saturated rings. The predicted octanol–water partition coefficient (Wildman–Crippen LogP) is -0.193. The van der Waals surface area contributed by atoms with Gasteiger partial charge in [-0.05, 0) is 19.8 Å². The molecule has 3 heterocycles. The monoisotopic (exact) mass is 347 g/mol. The fraction of sp³-hybridized carbons (Fsp3) is 0.625. The second-order valence-corrected chi connectivity index (χ2v) is 6.66. The predicted molar refractivity (Wildman–Crippen MR) is 93.9 cm³/mol. The van der Waals surface area contributed by atoms with Crippen LogP contribution in [0.2, 0.25) is 0 Å². The number of primary amides is 1. The average Bonchev–Trinajstić information content (AvgIpc) is 2.60. The number of amides is 3. The molecule has 25 heavy (non-hydrogen) atoms. The number of anilines is 2. The van der Waals surface area contributed by atoms with Gasteiger partial charge >= 0.3 is 6.03 Å². The number of hydrogen-bond acceptors (Lipinski definition) is 6. The second-order valence-electron chi connectivity index (χ2n) is 6.66. The number of hydrogen-bond donors (Lipinski definition) is 2. The van der Waals surface area contributed by atoms with E-state index in [2.05, 4.69) is 14.9 Å². The highest BCUT2D eigenvalue weighted by atomic mass is 16.2. The van der Waals surface area contributed by atoms with Gasteiger partial charge in [0.15, 0.2) is 0 Å². The van der Waals surface area contributed by atoms with E-state index in [9.17, 15) is 9.59 Å². The summed E-state index contributed by atoms with van der Waals surface area (Å²) in [7, 11) is 0. The van der Waals surface area contributed by atoms with Crippen LogP contribution in [-0.2, 0) is 4.79 Å². The molecule has 4 N–H and O–H groups in total. The summed E-state index contributed by atoms with van der Waals surface area (Å²) in [5.74, 6) is 1.03. The number of piperidine rings is 1. The summed E-state index contributed by atoms with van der Waals surface area (Å²) in [4.78, 5) is 38.0. The van der Waals surface area contributed by atoms with Crippen molar-refractivity contribution in [1.29, 1.82) is 0 Å². The largest absolute Gasteiger partial charge is 0.368 e. The summed E-state index contributed by atoms with van der Waals surface area (Å²) in [5.41, 5.74) is 11.9. The van der Waals surface area contributed by atoms with Crippen molar-refractivity contribution in [1.82, 2.24) is 19.8 Å². The van der Waals surface area contributed by atoms with Crippen LogP contribution >= 0.6 is 0 Å². The number of likely N-dealkylation sites (tertiary alicyclic amines) is 1. The van der Waals surface area contributed by atoms with E-state index in [-0.39, 0.29) is 17.8 Å². The Labute approximate surface area is 147 Å². The van der Waals surface area contributed by atoms with Crippen LogP contribution in [0.3, 0.4) is 0 Å². The van der Waals surface area contributed by atoms with Gasteiger partial charge < -0.3 is 26.2 Å². The molecule has 3 amide bonds. The third-order valence-electron chi connectivity index (χ3n) is 4.86. The minimum Gasteiger partial charge on any atom is -0.368 e. The zero-order valence-corrected chi connectivity index (χ0v) is 14.5. The number of nitrogens with two attached hydrogens (primary N) is 2. The fourth-order valence-electron chi connectivity index (χ4n) is 3.53. The molecule has 2 aliphatic rings. The molecule has 0 bridgehead atoms. The topological polar surface area (TPSA) is 122 Å². The Hall–Kier alpha value is -2.58. The molecule has 0 radical (unpaired) electrons. The number of urea groups is 1. The fourth-order valence-corrected chi connectivity index (χ4v) is 3.53. The molecular formula is C16H25N7O2. The third-order valence-corrected chi connectivity index (χ3v) is 4.86. The van der Waals surface area contributed by atoms with E-state index in [1.807, 2.05) is 17.9 Å². The van der Waals surface area contributed by atoms with Crippen LogP contribution in [0.4, 0.5) is 16.6 Å². The van der Waals surface area contributed by atoms with Crippen molar-refractivity contribution in [2.45, 2.75) is 19.8 Å². The van der Waals surface area contributed by atoms with Crippen LogP contribution in [0.1, 0.15) is 18.5 Å².